The lowest BCUT2D eigenvalue weighted by molar-refractivity contribution is 0.0953. The monoisotopic (exact) mass is 433 g/mol. The van der Waals surface area contributed by atoms with Gasteiger partial charge in [-0.3, -0.25) is 9.59 Å². The van der Waals surface area contributed by atoms with Gasteiger partial charge in [0.05, 0.1) is 26.5 Å². The van der Waals surface area contributed by atoms with Crippen molar-refractivity contribution in [2.45, 2.75) is 20.4 Å². The molecule has 0 saturated carbocycles. The smallest absolute Gasteiger partial charge is 0.276 e. The highest BCUT2D eigenvalue weighted by Gasteiger charge is 2.12. The van der Waals surface area contributed by atoms with Gasteiger partial charge in [-0.15, -0.1) is 0 Å². The first kappa shape index (κ1) is 22.8. The van der Waals surface area contributed by atoms with Gasteiger partial charge < -0.3 is 14.0 Å². The van der Waals surface area contributed by atoms with E-state index in [-0.39, 0.29) is 5.56 Å². The molecule has 2 aromatic carbocycles. The van der Waals surface area contributed by atoms with Gasteiger partial charge in [-0.05, 0) is 47.9 Å². The fraction of sp³-hybridized carbons (Fsp3) is 0.240. The molecule has 3 rings (SSSR count). The van der Waals surface area contributed by atoms with E-state index in [2.05, 4.69) is 24.4 Å². The molecule has 3 aromatic rings. The molecule has 1 amide bonds. The molecule has 7 nitrogen and oxygen atoms in total. The third kappa shape index (κ3) is 6.07. The van der Waals surface area contributed by atoms with Crippen LogP contribution in [0, 0.1) is 5.92 Å². The van der Waals surface area contributed by atoms with E-state index in [1.54, 1.807) is 19.4 Å². The van der Waals surface area contributed by atoms with Crippen molar-refractivity contribution in [3.05, 3.63) is 93.9 Å². The van der Waals surface area contributed by atoms with E-state index in [0.717, 1.165) is 16.9 Å². The molecule has 32 heavy (non-hydrogen) atoms. The SMILES string of the molecule is COc1ccc(Cn2cccc(C(=O)N/N=C\c3ccccc3OCC(C)C)c2=O)cc1. The van der Waals surface area contributed by atoms with Crippen LogP contribution in [0.4, 0.5) is 0 Å². The predicted molar refractivity (Wildman–Crippen MR) is 125 cm³/mol. The summed E-state index contributed by atoms with van der Waals surface area (Å²) in [5.74, 6) is 1.23. The minimum atomic E-state index is -0.573. The Morgan fingerprint density at radius 3 is 2.56 bits per heavy atom. The minimum Gasteiger partial charge on any atom is -0.497 e. The van der Waals surface area contributed by atoms with Crippen LogP contribution < -0.4 is 20.5 Å². The molecule has 7 heteroatoms. The number of hydrogen-bond acceptors (Lipinski definition) is 5. The first-order valence-electron chi connectivity index (χ1n) is 10.4. The fourth-order valence-electron chi connectivity index (χ4n) is 2.96. The molecule has 0 atom stereocenters. The Morgan fingerprint density at radius 1 is 1.09 bits per heavy atom. The molecular formula is C25H27N3O4. The first-order chi connectivity index (χ1) is 15.5. The zero-order valence-electron chi connectivity index (χ0n) is 18.4. The van der Waals surface area contributed by atoms with Crippen molar-refractivity contribution in [2.75, 3.05) is 13.7 Å². The van der Waals surface area contributed by atoms with E-state index in [4.69, 9.17) is 9.47 Å². The van der Waals surface area contributed by atoms with Crippen molar-refractivity contribution in [3.8, 4) is 11.5 Å². The summed E-state index contributed by atoms with van der Waals surface area (Å²) in [6.45, 7) is 5.05. The summed E-state index contributed by atoms with van der Waals surface area (Å²) in [7, 11) is 1.60. The van der Waals surface area contributed by atoms with Crippen molar-refractivity contribution in [2.24, 2.45) is 11.0 Å². The summed E-state index contributed by atoms with van der Waals surface area (Å²) in [6, 6.07) is 18.0. The summed E-state index contributed by atoms with van der Waals surface area (Å²) < 4.78 is 12.4. The maximum absolute atomic E-state index is 12.8. The van der Waals surface area contributed by atoms with Gasteiger partial charge in [-0.25, -0.2) is 5.43 Å². The molecule has 1 N–H and O–H groups in total. The molecule has 0 unspecified atom stereocenters. The van der Waals surface area contributed by atoms with Gasteiger partial charge in [0.1, 0.15) is 17.1 Å². The van der Waals surface area contributed by atoms with E-state index in [9.17, 15) is 9.59 Å². The molecule has 0 aliphatic rings. The van der Waals surface area contributed by atoms with Crippen LogP contribution in [-0.4, -0.2) is 30.4 Å². The van der Waals surface area contributed by atoms with Gasteiger partial charge in [0, 0.05) is 11.8 Å². The van der Waals surface area contributed by atoms with Gasteiger partial charge in [-0.1, -0.05) is 38.1 Å². The highest BCUT2D eigenvalue weighted by Crippen LogP contribution is 2.16. The number of pyridine rings is 1. The number of nitrogens with zero attached hydrogens (tertiary/aromatic N) is 2. The quantitative estimate of drug-likeness (QED) is 0.412. The van der Waals surface area contributed by atoms with Crippen LogP contribution in [0.2, 0.25) is 0 Å². The number of aromatic nitrogens is 1. The molecular weight excluding hydrogens is 406 g/mol. The van der Waals surface area contributed by atoms with Gasteiger partial charge in [0.15, 0.2) is 0 Å². The second-order valence-corrected chi connectivity index (χ2v) is 7.64. The Labute approximate surface area is 187 Å². The van der Waals surface area contributed by atoms with Crippen molar-refractivity contribution in [1.29, 1.82) is 0 Å². The molecule has 0 saturated heterocycles. The number of rotatable bonds is 9. The average Bonchev–Trinajstić information content (AvgIpc) is 2.80. The lowest BCUT2D eigenvalue weighted by Crippen LogP contribution is -2.30. The van der Waals surface area contributed by atoms with Crippen LogP contribution in [0.25, 0.3) is 0 Å². The second-order valence-electron chi connectivity index (χ2n) is 7.64. The molecule has 166 valence electrons. The third-order valence-corrected chi connectivity index (χ3v) is 4.64. The number of carbonyl (C=O) groups is 1. The van der Waals surface area contributed by atoms with Gasteiger partial charge in [-0.2, -0.15) is 5.10 Å². The standard InChI is InChI=1S/C25H27N3O4/c1-18(2)17-32-23-9-5-4-7-20(23)15-26-27-24(29)22-8-6-14-28(25(22)30)16-19-10-12-21(31-3)13-11-19/h4-15,18H,16-17H2,1-3H3,(H,27,29)/b26-15-. The molecule has 1 aromatic heterocycles. The van der Waals surface area contributed by atoms with Crippen LogP contribution >= 0.6 is 0 Å². The van der Waals surface area contributed by atoms with Gasteiger partial charge in [0.25, 0.3) is 11.5 Å². The Bertz CT molecular complexity index is 1130. The highest BCUT2D eigenvalue weighted by atomic mass is 16.5. The molecule has 0 aliphatic carbocycles. The van der Waals surface area contributed by atoms with Crippen LogP contribution in [0.1, 0.15) is 35.3 Å². The third-order valence-electron chi connectivity index (χ3n) is 4.64. The van der Waals surface area contributed by atoms with Crippen molar-refractivity contribution >= 4 is 12.1 Å². The molecule has 0 radical (unpaired) electrons. The number of ether oxygens (including phenoxy) is 2. The van der Waals surface area contributed by atoms with E-state index >= 15 is 0 Å². The summed E-state index contributed by atoms with van der Waals surface area (Å²) in [6.07, 6.45) is 3.15. The normalized spacial score (nSPS) is 11.0. The predicted octanol–water partition coefficient (Wildman–Crippen LogP) is 3.70. The van der Waals surface area contributed by atoms with E-state index in [1.165, 1.54) is 16.8 Å². The zero-order valence-corrected chi connectivity index (χ0v) is 18.4. The molecule has 1 heterocycles. The molecule has 0 spiro atoms. The van der Waals surface area contributed by atoms with E-state index in [1.807, 2.05) is 48.5 Å². The fourth-order valence-corrected chi connectivity index (χ4v) is 2.96. The molecule has 0 fully saturated rings. The summed E-state index contributed by atoms with van der Waals surface area (Å²) in [5.41, 5.74) is 3.71. The number of benzene rings is 2. The van der Waals surface area contributed by atoms with Crippen LogP contribution in [0.5, 0.6) is 11.5 Å². The van der Waals surface area contributed by atoms with E-state index in [0.29, 0.717) is 24.8 Å². The Hall–Kier alpha value is -3.87. The van der Waals surface area contributed by atoms with Crippen molar-refractivity contribution in [3.63, 3.8) is 0 Å². The first-order valence-corrected chi connectivity index (χ1v) is 10.4. The zero-order chi connectivity index (χ0) is 22.9. The Balaban J connectivity index is 1.69. The van der Waals surface area contributed by atoms with Crippen LogP contribution in [0.3, 0.4) is 0 Å². The van der Waals surface area contributed by atoms with Crippen LogP contribution in [-0.2, 0) is 6.54 Å². The van der Waals surface area contributed by atoms with Gasteiger partial charge >= 0.3 is 0 Å². The van der Waals surface area contributed by atoms with Crippen molar-refractivity contribution < 1.29 is 14.3 Å². The number of methoxy groups -OCH3 is 1. The largest absolute Gasteiger partial charge is 0.497 e. The average molecular weight is 434 g/mol. The molecule has 0 aliphatic heterocycles. The minimum absolute atomic E-state index is 0.0162. The highest BCUT2D eigenvalue weighted by molar-refractivity contribution is 5.94. The lowest BCUT2D eigenvalue weighted by Gasteiger charge is -2.10. The number of para-hydroxylation sites is 1. The van der Waals surface area contributed by atoms with Crippen molar-refractivity contribution in [1.82, 2.24) is 9.99 Å². The van der Waals surface area contributed by atoms with E-state index < -0.39 is 11.5 Å². The summed E-state index contributed by atoms with van der Waals surface area (Å²) in [5, 5.41) is 4.01. The second kappa shape index (κ2) is 10.9. The number of hydrazone groups is 1. The Kier molecular flexibility index (Phi) is 7.80. The summed E-state index contributed by atoms with van der Waals surface area (Å²) >= 11 is 0. The molecule has 0 bridgehead atoms. The maximum atomic E-state index is 12.8. The maximum Gasteiger partial charge on any atom is 0.276 e. The topological polar surface area (TPSA) is 81.9 Å². The number of nitrogens with one attached hydrogen (secondary N) is 1. The Morgan fingerprint density at radius 2 is 1.84 bits per heavy atom. The number of amides is 1. The summed E-state index contributed by atoms with van der Waals surface area (Å²) in [4.78, 5) is 25.3. The van der Waals surface area contributed by atoms with Gasteiger partial charge in [0.2, 0.25) is 0 Å². The van der Waals surface area contributed by atoms with Crippen LogP contribution in [0.15, 0.2) is 76.8 Å². The number of carbonyl (C=O) groups excluding carboxylic acids is 1. The number of hydrogen-bond donors (Lipinski definition) is 1. The lowest BCUT2D eigenvalue weighted by atomic mass is 10.2.